The summed E-state index contributed by atoms with van der Waals surface area (Å²) in [5, 5.41) is 7.49. The number of aliphatic imine (C=N–C) groups is 2. The Morgan fingerprint density at radius 2 is 1.65 bits per heavy atom. The van der Waals surface area contributed by atoms with Crippen LogP contribution in [0.25, 0.3) is 0 Å². The second-order valence-electron chi connectivity index (χ2n) is 12.0. The highest BCUT2D eigenvalue weighted by atomic mass is 15.3. The minimum Gasteiger partial charge on any atom is -0.358 e. The molecule has 4 aliphatic heterocycles. The van der Waals surface area contributed by atoms with Crippen molar-refractivity contribution in [3.8, 4) is 0 Å². The molecule has 0 aromatic rings. The van der Waals surface area contributed by atoms with Crippen LogP contribution >= 0.6 is 0 Å². The van der Waals surface area contributed by atoms with Gasteiger partial charge in [0.05, 0.1) is 6.54 Å². The standard InChI is InChI=1S/C32H56N8/c1-3-32(17-16-31(37-32)40-23-10-6-7-11-24-40)35-20-27-38(25-18-33)26-19-34-29-14-12-28(2)13-15-30(36-29)39-21-8-4-5-9-22-39/h13,15-17,35H,3-12,14,18-27,33H2,1-2H3,(H,34,36)/b28-13-,30-15+. The summed E-state index contributed by atoms with van der Waals surface area (Å²) in [4.78, 5) is 17.7. The Kier molecular flexibility index (Phi) is 12.6. The maximum absolute atomic E-state index is 6.00. The highest BCUT2D eigenvalue weighted by Crippen LogP contribution is 2.23. The van der Waals surface area contributed by atoms with Gasteiger partial charge in [-0.05, 0) is 63.7 Å². The minimum atomic E-state index is -0.277. The van der Waals surface area contributed by atoms with Crippen LogP contribution in [0.4, 0.5) is 0 Å². The molecule has 0 aliphatic carbocycles. The van der Waals surface area contributed by atoms with Crippen LogP contribution in [-0.4, -0.2) is 97.5 Å². The normalized spacial score (nSPS) is 28.2. The van der Waals surface area contributed by atoms with E-state index in [4.69, 9.17) is 15.7 Å². The predicted octanol–water partition coefficient (Wildman–Crippen LogP) is 4.23. The second kappa shape index (κ2) is 16.3. The van der Waals surface area contributed by atoms with Gasteiger partial charge in [0.15, 0.2) is 0 Å². The van der Waals surface area contributed by atoms with Gasteiger partial charge in [0.25, 0.3) is 0 Å². The van der Waals surface area contributed by atoms with Gasteiger partial charge in [-0.3, -0.25) is 15.2 Å². The molecule has 1 unspecified atom stereocenters. The van der Waals surface area contributed by atoms with E-state index < -0.39 is 0 Å². The second-order valence-corrected chi connectivity index (χ2v) is 12.0. The summed E-state index contributed by atoms with van der Waals surface area (Å²) in [5.41, 5.74) is 7.15. The summed E-state index contributed by atoms with van der Waals surface area (Å²) < 4.78 is 0. The largest absolute Gasteiger partial charge is 0.358 e. The molecule has 4 rings (SSSR count). The number of nitrogens with two attached hydrogens (primary N) is 1. The van der Waals surface area contributed by atoms with Crippen LogP contribution in [0, 0.1) is 0 Å². The predicted molar refractivity (Wildman–Crippen MR) is 170 cm³/mol. The van der Waals surface area contributed by atoms with Crippen LogP contribution in [0.3, 0.4) is 0 Å². The van der Waals surface area contributed by atoms with Crippen molar-refractivity contribution in [2.45, 2.75) is 90.1 Å². The van der Waals surface area contributed by atoms with E-state index in [0.29, 0.717) is 6.54 Å². The number of hydrogen-bond donors (Lipinski definition) is 3. The van der Waals surface area contributed by atoms with E-state index >= 15 is 0 Å². The number of allylic oxidation sites excluding steroid dienone is 3. The van der Waals surface area contributed by atoms with Gasteiger partial charge in [-0.1, -0.05) is 44.3 Å². The molecule has 0 amide bonds. The third kappa shape index (κ3) is 9.45. The van der Waals surface area contributed by atoms with Gasteiger partial charge in [0, 0.05) is 65.3 Å². The topological polar surface area (TPSA) is 84.5 Å². The average Bonchev–Trinajstić information content (AvgIpc) is 3.13. The molecule has 40 heavy (non-hydrogen) atoms. The molecule has 2 fully saturated rings. The fourth-order valence-electron chi connectivity index (χ4n) is 6.15. The van der Waals surface area contributed by atoms with Gasteiger partial charge < -0.3 is 20.9 Å². The molecule has 4 heterocycles. The number of rotatable bonds is 11. The molecule has 1 atom stereocenters. The Hall–Kier alpha value is -2.16. The summed E-state index contributed by atoms with van der Waals surface area (Å²) >= 11 is 0. The molecule has 0 aromatic heterocycles. The number of nitrogens with one attached hydrogen (secondary N) is 2. The molecule has 4 N–H and O–H groups in total. The van der Waals surface area contributed by atoms with Gasteiger partial charge in [0.2, 0.25) is 0 Å². The zero-order valence-corrected chi connectivity index (χ0v) is 25.5. The van der Waals surface area contributed by atoms with E-state index in [1.54, 1.807) is 0 Å². The third-order valence-electron chi connectivity index (χ3n) is 8.82. The van der Waals surface area contributed by atoms with Gasteiger partial charge in [-0.2, -0.15) is 0 Å². The first kappa shape index (κ1) is 30.8. The Morgan fingerprint density at radius 3 is 2.33 bits per heavy atom. The third-order valence-corrected chi connectivity index (χ3v) is 8.82. The van der Waals surface area contributed by atoms with Crippen molar-refractivity contribution in [1.82, 2.24) is 25.3 Å². The van der Waals surface area contributed by atoms with E-state index in [1.807, 2.05) is 0 Å². The summed E-state index contributed by atoms with van der Waals surface area (Å²) in [7, 11) is 0. The van der Waals surface area contributed by atoms with Crippen molar-refractivity contribution >= 4 is 11.7 Å². The van der Waals surface area contributed by atoms with E-state index in [1.165, 1.54) is 62.8 Å². The monoisotopic (exact) mass is 552 g/mol. The smallest absolute Gasteiger partial charge is 0.131 e. The van der Waals surface area contributed by atoms with E-state index in [0.717, 1.165) is 89.8 Å². The van der Waals surface area contributed by atoms with Crippen molar-refractivity contribution < 1.29 is 0 Å². The number of likely N-dealkylation sites (tertiary alicyclic amines) is 2. The van der Waals surface area contributed by atoms with Crippen LogP contribution in [0.5, 0.6) is 0 Å². The molecule has 2 saturated heterocycles. The lowest BCUT2D eigenvalue weighted by Gasteiger charge is -2.29. The molecule has 0 bridgehead atoms. The van der Waals surface area contributed by atoms with E-state index in [2.05, 4.69) is 63.5 Å². The number of hydrogen-bond acceptors (Lipinski definition) is 7. The highest BCUT2D eigenvalue weighted by Gasteiger charge is 2.30. The van der Waals surface area contributed by atoms with Crippen molar-refractivity contribution in [3.05, 3.63) is 35.7 Å². The van der Waals surface area contributed by atoms with Gasteiger partial charge >= 0.3 is 0 Å². The molecule has 8 heteroatoms. The molecule has 4 aliphatic rings. The van der Waals surface area contributed by atoms with E-state index in [-0.39, 0.29) is 5.66 Å². The van der Waals surface area contributed by atoms with Crippen molar-refractivity contribution in [2.75, 3.05) is 65.4 Å². The lowest BCUT2D eigenvalue weighted by atomic mass is 10.1. The molecule has 224 valence electrons. The molecule has 0 spiro atoms. The van der Waals surface area contributed by atoms with Crippen molar-refractivity contribution in [1.29, 1.82) is 0 Å². The highest BCUT2D eigenvalue weighted by molar-refractivity contribution is 5.95. The lowest BCUT2D eigenvalue weighted by Crippen LogP contribution is -2.46. The summed E-state index contributed by atoms with van der Waals surface area (Å²) in [6.45, 7) is 14.1. The minimum absolute atomic E-state index is 0.277. The molecule has 0 saturated carbocycles. The van der Waals surface area contributed by atoms with Gasteiger partial charge in [0.1, 0.15) is 23.2 Å². The fourth-order valence-corrected chi connectivity index (χ4v) is 6.15. The molecule has 0 aromatic carbocycles. The molecular weight excluding hydrogens is 496 g/mol. The van der Waals surface area contributed by atoms with Crippen LogP contribution < -0.4 is 16.4 Å². The van der Waals surface area contributed by atoms with Crippen LogP contribution in [0.2, 0.25) is 0 Å². The van der Waals surface area contributed by atoms with Crippen LogP contribution in [0.15, 0.2) is 45.7 Å². The SMILES string of the molecule is CCC1(NCCN(CCN)CCN=C2CC/C(C)=C\C=C(\N3CCCCCC3)N2)C=CC(N2CCCCCC2)=N1. The molecular formula is C32H56N8. The Labute approximate surface area is 243 Å². The first-order chi connectivity index (χ1) is 19.6. The van der Waals surface area contributed by atoms with Gasteiger partial charge in [-0.15, -0.1) is 0 Å². The average molecular weight is 553 g/mol. The van der Waals surface area contributed by atoms with Crippen molar-refractivity contribution in [3.63, 3.8) is 0 Å². The van der Waals surface area contributed by atoms with Crippen LogP contribution in [0.1, 0.15) is 84.5 Å². The Morgan fingerprint density at radius 1 is 0.950 bits per heavy atom. The quantitative estimate of drug-likeness (QED) is 0.356. The zero-order chi connectivity index (χ0) is 28.0. The first-order valence-electron chi connectivity index (χ1n) is 16.2. The molecule has 8 nitrogen and oxygen atoms in total. The molecule has 0 radical (unpaired) electrons. The van der Waals surface area contributed by atoms with Gasteiger partial charge in [-0.25, -0.2) is 4.99 Å². The van der Waals surface area contributed by atoms with E-state index in [9.17, 15) is 0 Å². The van der Waals surface area contributed by atoms with Crippen LogP contribution in [-0.2, 0) is 0 Å². The van der Waals surface area contributed by atoms with Crippen molar-refractivity contribution in [2.24, 2.45) is 15.7 Å². The summed E-state index contributed by atoms with van der Waals surface area (Å²) in [6.07, 6.45) is 22.5. The Bertz CT molecular complexity index is 919. The summed E-state index contributed by atoms with van der Waals surface area (Å²) in [6, 6.07) is 0. The number of amidine groups is 2. The lowest BCUT2D eigenvalue weighted by molar-refractivity contribution is 0.272. The first-order valence-corrected chi connectivity index (χ1v) is 16.2. The maximum Gasteiger partial charge on any atom is 0.131 e. The Balaban J connectivity index is 1.28. The number of nitrogens with zero attached hydrogens (tertiary/aromatic N) is 5. The zero-order valence-electron chi connectivity index (χ0n) is 25.5. The fraction of sp³-hybridized carbons (Fsp3) is 0.750. The maximum atomic E-state index is 6.00. The summed E-state index contributed by atoms with van der Waals surface area (Å²) in [5.74, 6) is 3.50.